The lowest BCUT2D eigenvalue weighted by atomic mass is 10.0. The van der Waals surface area contributed by atoms with Crippen molar-refractivity contribution in [2.45, 2.75) is 31.7 Å². The molecule has 1 aliphatic rings. The predicted octanol–water partition coefficient (Wildman–Crippen LogP) is 3.58. The lowest BCUT2D eigenvalue weighted by Crippen LogP contribution is -2.36. The Hall–Kier alpha value is -2.33. The van der Waals surface area contributed by atoms with Gasteiger partial charge in [-0.15, -0.1) is 0 Å². The molecule has 3 rings (SSSR count). The van der Waals surface area contributed by atoms with Gasteiger partial charge in [-0.05, 0) is 55.6 Å². The molecule has 2 aromatic carbocycles. The quantitative estimate of drug-likeness (QED) is 0.789. The molecule has 1 N–H and O–H groups in total. The maximum absolute atomic E-state index is 12.3. The summed E-state index contributed by atoms with van der Waals surface area (Å²) in [5.74, 6) is 0.975. The Morgan fingerprint density at radius 1 is 1.12 bits per heavy atom. The predicted molar refractivity (Wildman–Crippen MR) is 104 cm³/mol. The molecule has 138 valence electrons. The summed E-state index contributed by atoms with van der Waals surface area (Å²) in [7, 11) is 1.69. The summed E-state index contributed by atoms with van der Waals surface area (Å²) in [6.07, 6.45) is 3.75. The van der Waals surface area contributed by atoms with Crippen LogP contribution in [0.2, 0.25) is 0 Å². The Morgan fingerprint density at radius 3 is 2.62 bits per heavy atom. The summed E-state index contributed by atoms with van der Waals surface area (Å²) < 4.78 is 5.37. The third-order valence-electron chi connectivity index (χ3n) is 5.04. The van der Waals surface area contributed by atoms with Gasteiger partial charge in [0, 0.05) is 13.0 Å². The first-order chi connectivity index (χ1) is 12.8. The van der Waals surface area contributed by atoms with Crippen LogP contribution in [0, 0.1) is 0 Å². The van der Waals surface area contributed by atoms with Crippen molar-refractivity contribution in [1.29, 1.82) is 0 Å². The topological polar surface area (TPSA) is 41.6 Å². The number of hydrogen-bond donors (Lipinski definition) is 1. The molecule has 2 aromatic rings. The Bertz CT molecular complexity index is 696. The van der Waals surface area contributed by atoms with E-state index in [2.05, 4.69) is 34.5 Å². The molecule has 0 bridgehead atoms. The maximum Gasteiger partial charge on any atom is 0.220 e. The fourth-order valence-corrected chi connectivity index (χ4v) is 3.56. The molecule has 0 aromatic heterocycles. The highest BCUT2D eigenvalue weighted by Crippen LogP contribution is 2.27. The summed E-state index contributed by atoms with van der Waals surface area (Å²) in [6.45, 7) is 2.81. The lowest BCUT2D eigenvalue weighted by Gasteiger charge is -2.28. The summed E-state index contributed by atoms with van der Waals surface area (Å²) >= 11 is 0. The van der Waals surface area contributed by atoms with Gasteiger partial charge in [0.25, 0.3) is 0 Å². The van der Waals surface area contributed by atoms with Crippen molar-refractivity contribution >= 4 is 5.91 Å². The summed E-state index contributed by atoms with van der Waals surface area (Å²) in [5.41, 5.74) is 2.40. The van der Waals surface area contributed by atoms with Crippen LogP contribution >= 0.6 is 0 Å². The fraction of sp³-hybridized carbons (Fsp3) is 0.409. The van der Waals surface area contributed by atoms with Gasteiger partial charge in [-0.3, -0.25) is 9.69 Å². The maximum atomic E-state index is 12.3. The molecule has 26 heavy (non-hydrogen) atoms. The molecule has 1 amide bonds. The van der Waals surface area contributed by atoms with Gasteiger partial charge in [0.15, 0.2) is 0 Å². The van der Waals surface area contributed by atoms with Crippen LogP contribution in [-0.2, 0) is 11.2 Å². The fourth-order valence-electron chi connectivity index (χ4n) is 3.56. The van der Waals surface area contributed by atoms with Crippen LogP contribution in [0.15, 0.2) is 54.6 Å². The van der Waals surface area contributed by atoms with Crippen molar-refractivity contribution in [2.24, 2.45) is 0 Å². The van der Waals surface area contributed by atoms with Crippen LogP contribution in [0.1, 0.15) is 36.4 Å². The van der Waals surface area contributed by atoms with Crippen molar-refractivity contribution in [2.75, 3.05) is 26.7 Å². The first-order valence-corrected chi connectivity index (χ1v) is 9.45. The van der Waals surface area contributed by atoms with Crippen molar-refractivity contribution < 1.29 is 9.53 Å². The van der Waals surface area contributed by atoms with Gasteiger partial charge in [0.1, 0.15) is 5.75 Å². The number of amides is 1. The van der Waals surface area contributed by atoms with Crippen LogP contribution in [0.25, 0.3) is 0 Å². The van der Waals surface area contributed by atoms with Crippen LogP contribution < -0.4 is 10.1 Å². The smallest absolute Gasteiger partial charge is 0.220 e. The van der Waals surface area contributed by atoms with Crippen molar-refractivity contribution in [1.82, 2.24) is 10.2 Å². The first-order valence-electron chi connectivity index (χ1n) is 9.45. The number of aryl methyl sites for hydroxylation is 1. The molecular weight excluding hydrogens is 324 g/mol. The monoisotopic (exact) mass is 352 g/mol. The molecule has 1 fully saturated rings. The zero-order valence-corrected chi connectivity index (χ0v) is 15.5. The van der Waals surface area contributed by atoms with E-state index in [1.165, 1.54) is 24.0 Å². The average molecular weight is 352 g/mol. The number of rotatable bonds is 8. The Balaban J connectivity index is 1.59. The molecule has 1 atom stereocenters. The SMILES string of the molecule is COc1cccc(C(CNC(=O)CCc2ccccc2)N2CCCC2)c1. The van der Waals surface area contributed by atoms with E-state index in [1.807, 2.05) is 30.3 Å². The van der Waals surface area contributed by atoms with E-state index in [0.29, 0.717) is 13.0 Å². The van der Waals surface area contributed by atoms with Crippen LogP contribution in [0.3, 0.4) is 0 Å². The lowest BCUT2D eigenvalue weighted by molar-refractivity contribution is -0.121. The highest BCUT2D eigenvalue weighted by Gasteiger charge is 2.24. The molecular formula is C22H28N2O2. The van der Waals surface area contributed by atoms with Crippen molar-refractivity contribution in [3.8, 4) is 5.75 Å². The molecule has 4 heteroatoms. The molecule has 0 spiro atoms. The second-order valence-electron chi connectivity index (χ2n) is 6.83. The minimum atomic E-state index is 0.112. The zero-order valence-electron chi connectivity index (χ0n) is 15.5. The Labute approximate surface area is 156 Å². The number of methoxy groups -OCH3 is 1. The summed E-state index contributed by atoms with van der Waals surface area (Å²) in [6, 6.07) is 18.6. The molecule has 1 saturated heterocycles. The molecule has 1 heterocycles. The first kappa shape index (κ1) is 18.5. The van der Waals surface area contributed by atoms with Gasteiger partial charge in [0.2, 0.25) is 5.91 Å². The number of carbonyl (C=O) groups excluding carboxylic acids is 1. The number of nitrogens with zero attached hydrogens (tertiary/aromatic N) is 1. The summed E-state index contributed by atoms with van der Waals surface area (Å²) in [5, 5.41) is 3.14. The standard InChI is InChI=1S/C22H28N2O2/c1-26-20-11-7-10-19(16-20)21(24-14-5-6-15-24)17-23-22(25)13-12-18-8-3-2-4-9-18/h2-4,7-11,16,21H,5-6,12-15,17H2,1H3,(H,23,25). The van der Waals surface area contributed by atoms with Crippen LogP contribution in [-0.4, -0.2) is 37.6 Å². The average Bonchev–Trinajstić information content (AvgIpc) is 3.22. The van der Waals surface area contributed by atoms with E-state index in [4.69, 9.17) is 4.74 Å². The largest absolute Gasteiger partial charge is 0.497 e. The van der Waals surface area contributed by atoms with Crippen molar-refractivity contribution in [3.63, 3.8) is 0 Å². The van der Waals surface area contributed by atoms with E-state index in [9.17, 15) is 4.79 Å². The minimum Gasteiger partial charge on any atom is -0.497 e. The molecule has 0 aliphatic carbocycles. The number of ether oxygens (including phenoxy) is 1. The molecule has 4 nitrogen and oxygen atoms in total. The molecule has 1 unspecified atom stereocenters. The second kappa shape index (κ2) is 9.39. The van der Waals surface area contributed by atoms with Gasteiger partial charge >= 0.3 is 0 Å². The van der Waals surface area contributed by atoms with E-state index in [-0.39, 0.29) is 11.9 Å². The van der Waals surface area contributed by atoms with Crippen LogP contribution in [0.4, 0.5) is 0 Å². The third-order valence-corrected chi connectivity index (χ3v) is 5.04. The third kappa shape index (κ3) is 5.09. The van der Waals surface area contributed by atoms with Crippen LogP contribution in [0.5, 0.6) is 5.75 Å². The van der Waals surface area contributed by atoms with E-state index < -0.39 is 0 Å². The molecule has 0 saturated carbocycles. The zero-order chi connectivity index (χ0) is 18.2. The number of nitrogens with one attached hydrogen (secondary N) is 1. The molecule has 0 radical (unpaired) electrons. The highest BCUT2D eigenvalue weighted by molar-refractivity contribution is 5.76. The van der Waals surface area contributed by atoms with Gasteiger partial charge in [0.05, 0.1) is 13.2 Å². The van der Waals surface area contributed by atoms with Gasteiger partial charge in [-0.25, -0.2) is 0 Å². The van der Waals surface area contributed by atoms with Gasteiger partial charge < -0.3 is 10.1 Å². The summed E-state index contributed by atoms with van der Waals surface area (Å²) in [4.78, 5) is 14.8. The van der Waals surface area contributed by atoms with Crippen molar-refractivity contribution in [3.05, 3.63) is 65.7 Å². The van der Waals surface area contributed by atoms with Gasteiger partial charge in [-0.2, -0.15) is 0 Å². The number of likely N-dealkylation sites (tertiary alicyclic amines) is 1. The van der Waals surface area contributed by atoms with E-state index in [1.54, 1.807) is 7.11 Å². The Morgan fingerprint density at radius 2 is 1.88 bits per heavy atom. The number of benzene rings is 2. The van der Waals surface area contributed by atoms with E-state index >= 15 is 0 Å². The molecule has 1 aliphatic heterocycles. The number of carbonyl (C=O) groups is 1. The number of hydrogen-bond acceptors (Lipinski definition) is 3. The second-order valence-corrected chi connectivity index (χ2v) is 6.83. The minimum absolute atomic E-state index is 0.112. The highest BCUT2D eigenvalue weighted by atomic mass is 16.5. The normalized spacial score (nSPS) is 15.6. The van der Waals surface area contributed by atoms with Gasteiger partial charge in [-0.1, -0.05) is 42.5 Å². The van der Waals surface area contributed by atoms with E-state index in [0.717, 1.165) is 25.3 Å². The Kier molecular flexibility index (Phi) is 6.67.